The van der Waals surface area contributed by atoms with E-state index < -0.39 is 0 Å². The van der Waals surface area contributed by atoms with Gasteiger partial charge in [0.05, 0.1) is 0 Å². The molecule has 4 heteroatoms. The SMILES string of the molecule is CCCn1ccnc1C(NN)c1ccccc1C(C)(C)C. The summed E-state index contributed by atoms with van der Waals surface area (Å²) in [6.07, 6.45) is 4.93. The van der Waals surface area contributed by atoms with Crippen LogP contribution in [0.15, 0.2) is 36.7 Å². The van der Waals surface area contributed by atoms with Crippen LogP contribution < -0.4 is 11.3 Å². The number of nitrogens with two attached hydrogens (primary N) is 1. The number of benzene rings is 1. The molecule has 0 spiro atoms. The van der Waals surface area contributed by atoms with Gasteiger partial charge in [0, 0.05) is 18.9 Å². The number of imidazole rings is 1. The molecule has 1 aromatic carbocycles. The highest BCUT2D eigenvalue weighted by Gasteiger charge is 2.25. The van der Waals surface area contributed by atoms with Crippen molar-refractivity contribution in [3.8, 4) is 0 Å². The van der Waals surface area contributed by atoms with Gasteiger partial charge in [-0.2, -0.15) is 0 Å². The molecule has 0 radical (unpaired) electrons. The van der Waals surface area contributed by atoms with Crippen molar-refractivity contribution in [2.24, 2.45) is 5.84 Å². The van der Waals surface area contributed by atoms with Crippen LogP contribution in [0.4, 0.5) is 0 Å². The van der Waals surface area contributed by atoms with E-state index in [0.717, 1.165) is 18.8 Å². The van der Waals surface area contributed by atoms with Crippen LogP contribution in [0.5, 0.6) is 0 Å². The van der Waals surface area contributed by atoms with Crippen LogP contribution in [0.25, 0.3) is 0 Å². The van der Waals surface area contributed by atoms with Gasteiger partial charge in [-0.25, -0.2) is 10.4 Å². The minimum atomic E-state index is -0.0954. The molecule has 0 fully saturated rings. The molecule has 3 N–H and O–H groups in total. The number of nitrogens with one attached hydrogen (secondary N) is 1. The number of hydrogen-bond donors (Lipinski definition) is 2. The lowest BCUT2D eigenvalue weighted by molar-refractivity contribution is 0.521. The zero-order valence-corrected chi connectivity index (χ0v) is 13.4. The first-order valence-electron chi connectivity index (χ1n) is 7.55. The molecule has 1 aromatic heterocycles. The molecule has 0 aliphatic heterocycles. The quantitative estimate of drug-likeness (QED) is 0.656. The van der Waals surface area contributed by atoms with Gasteiger partial charge in [-0.3, -0.25) is 5.84 Å². The van der Waals surface area contributed by atoms with Crippen LogP contribution in [0, 0.1) is 0 Å². The van der Waals surface area contributed by atoms with Crippen LogP contribution >= 0.6 is 0 Å². The molecule has 0 aliphatic carbocycles. The fourth-order valence-corrected chi connectivity index (χ4v) is 2.75. The Hall–Kier alpha value is -1.65. The first-order valence-corrected chi connectivity index (χ1v) is 7.55. The van der Waals surface area contributed by atoms with Gasteiger partial charge in [0.2, 0.25) is 0 Å². The summed E-state index contributed by atoms with van der Waals surface area (Å²) in [6.45, 7) is 9.77. The Labute approximate surface area is 127 Å². The fourth-order valence-electron chi connectivity index (χ4n) is 2.75. The van der Waals surface area contributed by atoms with Crippen molar-refractivity contribution >= 4 is 0 Å². The predicted octanol–water partition coefficient (Wildman–Crippen LogP) is 3.14. The molecule has 2 rings (SSSR count). The number of aryl methyl sites for hydroxylation is 1. The Morgan fingerprint density at radius 1 is 1.29 bits per heavy atom. The summed E-state index contributed by atoms with van der Waals surface area (Å²) in [6, 6.07) is 8.35. The Balaban J connectivity index is 2.50. The van der Waals surface area contributed by atoms with E-state index in [2.05, 4.69) is 66.9 Å². The summed E-state index contributed by atoms with van der Waals surface area (Å²) in [5.41, 5.74) is 5.49. The van der Waals surface area contributed by atoms with Gasteiger partial charge in [0.1, 0.15) is 11.9 Å². The van der Waals surface area contributed by atoms with E-state index >= 15 is 0 Å². The summed E-state index contributed by atoms with van der Waals surface area (Å²) in [7, 11) is 0. The van der Waals surface area contributed by atoms with Crippen molar-refractivity contribution in [1.82, 2.24) is 15.0 Å². The molecule has 0 saturated carbocycles. The smallest absolute Gasteiger partial charge is 0.131 e. The predicted molar refractivity (Wildman–Crippen MR) is 86.8 cm³/mol. The highest BCUT2D eigenvalue weighted by molar-refractivity contribution is 5.38. The molecule has 114 valence electrons. The summed E-state index contributed by atoms with van der Waals surface area (Å²) >= 11 is 0. The second-order valence-corrected chi connectivity index (χ2v) is 6.42. The molecule has 1 unspecified atom stereocenters. The summed E-state index contributed by atoms with van der Waals surface area (Å²) in [5, 5.41) is 0. The Morgan fingerprint density at radius 2 is 2.00 bits per heavy atom. The number of hydrazine groups is 1. The van der Waals surface area contributed by atoms with Gasteiger partial charge in [0.25, 0.3) is 0 Å². The minimum Gasteiger partial charge on any atom is -0.333 e. The minimum absolute atomic E-state index is 0.0634. The van der Waals surface area contributed by atoms with Gasteiger partial charge in [-0.15, -0.1) is 0 Å². The van der Waals surface area contributed by atoms with E-state index in [9.17, 15) is 0 Å². The first-order chi connectivity index (χ1) is 9.99. The van der Waals surface area contributed by atoms with Gasteiger partial charge in [-0.05, 0) is 23.0 Å². The van der Waals surface area contributed by atoms with E-state index in [0.29, 0.717) is 0 Å². The van der Waals surface area contributed by atoms with Crippen LogP contribution in [0.1, 0.15) is 57.1 Å². The van der Waals surface area contributed by atoms with E-state index in [1.807, 2.05) is 12.4 Å². The monoisotopic (exact) mass is 286 g/mol. The van der Waals surface area contributed by atoms with Crippen molar-refractivity contribution in [2.75, 3.05) is 0 Å². The number of nitrogens with zero attached hydrogens (tertiary/aromatic N) is 2. The van der Waals surface area contributed by atoms with E-state index in [1.165, 1.54) is 11.1 Å². The van der Waals surface area contributed by atoms with Crippen molar-refractivity contribution in [1.29, 1.82) is 0 Å². The van der Waals surface area contributed by atoms with Crippen LogP contribution in [-0.4, -0.2) is 9.55 Å². The molecule has 0 aliphatic rings. The Kier molecular flexibility index (Phi) is 4.80. The fraction of sp³-hybridized carbons (Fsp3) is 0.471. The van der Waals surface area contributed by atoms with Crippen molar-refractivity contribution in [3.05, 3.63) is 53.6 Å². The van der Waals surface area contributed by atoms with Crippen molar-refractivity contribution in [2.45, 2.75) is 52.1 Å². The topological polar surface area (TPSA) is 55.9 Å². The molecule has 4 nitrogen and oxygen atoms in total. The maximum Gasteiger partial charge on any atom is 0.131 e. The second kappa shape index (κ2) is 6.41. The van der Waals surface area contributed by atoms with Gasteiger partial charge >= 0.3 is 0 Å². The Morgan fingerprint density at radius 3 is 2.62 bits per heavy atom. The number of aromatic nitrogens is 2. The van der Waals surface area contributed by atoms with E-state index in [-0.39, 0.29) is 11.5 Å². The van der Waals surface area contributed by atoms with Crippen molar-refractivity contribution < 1.29 is 0 Å². The van der Waals surface area contributed by atoms with E-state index in [1.54, 1.807) is 0 Å². The largest absolute Gasteiger partial charge is 0.333 e. The standard InChI is InChI=1S/C17H26N4/c1-5-11-21-12-10-19-16(21)15(20-18)13-8-6-7-9-14(13)17(2,3)4/h6-10,12,15,20H,5,11,18H2,1-4H3. The molecule has 1 heterocycles. The third-order valence-corrected chi connectivity index (χ3v) is 3.72. The van der Waals surface area contributed by atoms with Crippen molar-refractivity contribution in [3.63, 3.8) is 0 Å². The summed E-state index contributed by atoms with van der Waals surface area (Å²) < 4.78 is 2.17. The normalized spacial score (nSPS) is 13.4. The van der Waals surface area contributed by atoms with Gasteiger partial charge in [-0.1, -0.05) is 52.0 Å². The van der Waals surface area contributed by atoms with Gasteiger partial charge in [0.15, 0.2) is 0 Å². The molecule has 2 aromatic rings. The molecular weight excluding hydrogens is 260 g/mol. The zero-order chi connectivity index (χ0) is 15.5. The maximum absolute atomic E-state index is 5.87. The second-order valence-electron chi connectivity index (χ2n) is 6.42. The number of rotatable bonds is 5. The highest BCUT2D eigenvalue weighted by Crippen LogP contribution is 2.31. The number of hydrogen-bond acceptors (Lipinski definition) is 3. The maximum atomic E-state index is 5.87. The lowest BCUT2D eigenvalue weighted by atomic mass is 9.81. The molecule has 1 atom stereocenters. The van der Waals surface area contributed by atoms with Gasteiger partial charge < -0.3 is 4.57 Å². The highest BCUT2D eigenvalue weighted by atomic mass is 15.3. The molecular formula is C17H26N4. The first kappa shape index (κ1) is 15.7. The summed E-state index contributed by atoms with van der Waals surface area (Å²) in [4.78, 5) is 4.53. The molecule has 0 saturated heterocycles. The third-order valence-electron chi connectivity index (χ3n) is 3.72. The average molecular weight is 286 g/mol. The van der Waals surface area contributed by atoms with Crippen LogP contribution in [0.2, 0.25) is 0 Å². The average Bonchev–Trinajstić information content (AvgIpc) is 2.88. The van der Waals surface area contributed by atoms with Crippen LogP contribution in [-0.2, 0) is 12.0 Å². The Bertz CT molecular complexity index is 580. The lowest BCUT2D eigenvalue weighted by Crippen LogP contribution is -2.33. The lowest BCUT2D eigenvalue weighted by Gasteiger charge is -2.27. The summed E-state index contributed by atoms with van der Waals surface area (Å²) in [5.74, 6) is 6.84. The molecule has 0 amide bonds. The molecule has 0 bridgehead atoms. The van der Waals surface area contributed by atoms with E-state index in [4.69, 9.17) is 5.84 Å². The third kappa shape index (κ3) is 3.34. The van der Waals surface area contributed by atoms with Crippen LogP contribution in [0.3, 0.4) is 0 Å². The molecule has 21 heavy (non-hydrogen) atoms. The zero-order valence-electron chi connectivity index (χ0n) is 13.4.